The van der Waals surface area contributed by atoms with Gasteiger partial charge in [-0.1, -0.05) is 17.9 Å². The van der Waals surface area contributed by atoms with Gasteiger partial charge in [-0.25, -0.2) is 9.97 Å². The lowest BCUT2D eigenvalue weighted by molar-refractivity contribution is 0.102. The average Bonchev–Trinajstić information content (AvgIpc) is 2.51. The number of hydrogen-bond donors (Lipinski definition) is 2. The van der Waals surface area contributed by atoms with Gasteiger partial charge in [-0.05, 0) is 24.6 Å². The fourth-order valence-corrected chi connectivity index (χ4v) is 1.69. The van der Waals surface area contributed by atoms with Crippen molar-refractivity contribution in [3.63, 3.8) is 0 Å². The van der Waals surface area contributed by atoms with Crippen molar-refractivity contribution < 1.29 is 9.90 Å². The molecule has 0 saturated carbocycles. The molecule has 2 aromatic rings. The largest absolute Gasteiger partial charge is 0.395 e. The second-order valence-corrected chi connectivity index (χ2v) is 4.41. The summed E-state index contributed by atoms with van der Waals surface area (Å²) < 4.78 is 0. The van der Waals surface area contributed by atoms with E-state index in [1.54, 1.807) is 6.07 Å². The van der Waals surface area contributed by atoms with Crippen molar-refractivity contribution in [1.82, 2.24) is 9.97 Å². The molecule has 5 heteroatoms. The predicted molar refractivity (Wildman–Crippen MR) is 79.7 cm³/mol. The molecular weight excluding hydrogens is 266 g/mol. The minimum atomic E-state index is -0.287. The minimum absolute atomic E-state index is 0.0157. The summed E-state index contributed by atoms with van der Waals surface area (Å²) in [5.74, 6) is 5.52. The number of anilines is 1. The number of benzene rings is 1. The molecular formula is C16H15N3O2. The number of aromatic nitrogens is 2. The van der Waals surface area contributed by atoms with Crippen molar-refractivity contribution in [1.29, 1.82) is 0 Å². The molecule has 1 heterocycles. The molecule has 1 aromatic carbocycles. The van der Waals surface area contributed by atoms with Crippen molar-refractivity contribution >= 4 is 11.6 Å². The smallest absolute Gasteiger partial charge is 0.258 e. The molecule has 5 nitrogen and oxygen atoms in total. The summed E-state index contributed by atoms with van der Waals surface area (Å²) in [6, 6.07) is 5.59. The summed E-state index contributed by atoms with van der Waals surface area (Å²) in [6.45, 7) is 1.97. The Morgan fingerprint density at radius 3 is 2.81 bits per heavy atom. The Bertz CT molecular complexity index is 688. The van der Waals surface area contributed by atoms with E-state index in [4.69, 9.17) is 5.11 Å². The number of amides is 1. The molecule has 0 aliphatic carbocycles. The van der Waals surface area contributed by atoms with Crippen LogP contribution in [0.2, 0.25) is 0 Å². The molecule has 0 spiro atoms. The highest BCUT2D eigenvalue weighted by Crippen LogP contribution is 2.17. The maximum Gasteiger partial charge on any atom is 0.258 e. The predicted octanol–water partition coefficient (Wildman–Crippen LogP) is 1.77. The van der Waals surface area contributed by atoms with Gasteiger partial charge < -0.3 is 10.4 Å². The van der Waals surface area contributed by atoms with E-state index >= 15 is 0 Å². The molecule has 1 aromatic heterocycles. The monoisotopic (exact) mass is 281 g/mol. The zero-order valence-electron chi connectivity index (χ0n) is 11.6. The third-order valence-corrected chi connectivity index (χ3v) is 2.71. The first-order valence-electron chi connectivity index (χ1n) is 6.47. The van der Waals surface area contributed by atoms with Gasteiger partial charge in [0.2, 0.25) is 0 Å². The molecule has 0 atom stereocenters. The maximum atomic E-state index is 12.1. The second-order valence-electron chi connectivity index (χ2n) is 4.41. The highest BCUT2D eigenvalue weighted by Gasteiger charge is 2.08. The third kappa shape index (κ3) is 4.13. The van der Waals surface area contributed by atoms with Crippen LogP contribution in [0.1, 0.15) is 27.9 Å². The van der Waals surface area contributed by atoms with Crippen LogP contribution in [-0.2, 0) is 0 Å². The van der Waals surface area contributed by atoms with Crippen molar-refractivity contribution in [3.8, 4) is 11.8 Å². The van der Waals surface area contributed by atoms with Crippen LogP contribution in [0.3, 0.4) is 0 Å². The number of carbonyl (C=O) groups is 1. The van der Waals surface area contributed by atoms with Gasteiger partial charge in [0, 0.05) is 24.4 Å². The van der Waals surface area contributed by atoms with E-state index in [9.17, 15) is 4.79 Å². The van der Waals surface area contributed by atoms with Gasteiger partial charge in [0.15, 0.2) is 0 Å². The van der Waals surface area contributed by atoms with Gasteiger partial charge in [0.25, 0.3) is 5.91 Å². The fourth-order valence-electron chi connectivity index (χ4n) is 1.69. The van der Waals surface area contributed by atoms with Crippen LogP contribution in [0.4, 0.5) is 5.69 Å². The fraction of sp³-hybridized carbons (Fsp3) is 0.188. The number of nitrogens with one attached hydrogen (secondary N) is 1. The van der Waals surface area contributed by atoms with E-state index in [1.807, 2.05) is 19.1 Å². The molecule has 106 valence electrons. The molecule has 0 aliphatic rings. The highest BCUT2D eigenvalue weighted by atomic mass is 16.2. The highest BCUT2D eigenvalue weighted by molar-refractivity contribution is 6.04. The molecule has 1 amide bonds. The molecule has 21 heavy (non-hydrogen) atoms. The average molecular weight is 281 g/mol. The number of aryl methyl sites for hydroxylation is 1. The normalized spacial score (nSPS) is 9.62. The Morgan fingerprint density at radius 2 is 2.10 bits per heavy atom. The number of aliphatic hydroxyl groups is 1. The minimum Gasteiger partial charge on any atom is -0.395 e. The van der Waals surface area contributed by atoms with Crippen LogP contribution >= 0.6 is 0 Å². The Kier molecular flexibility index (Phi) is 5.02. The van der Waals surface area contributed by atoms with E-state index in [0.717, 1.165) is 5.56 Å². The maximum absolute atomic E-state index is 12.1. The van der Waals surface area contributed by atoms with Gasteiger partial charge in [-0.2, -0.15) is 0 Å². The lowest BCUT2D eigenvalue weighted by Crippen LogP contribution is -2.13. The third-order valence-electron chi connectivity index (χ3n) is 2.71. The molecule has 0 fully saturated rings. The Hall–Kier alpha value is -2.71. The van der Waals surface area contributed by atoms with Gasteiger partial charge >= 0.3 is 0 Å². The summed E-state index contributed by atoms with van der Waals surface area (Å²) in [7, 11) is 0. The van der Waals surface area contributed by atoms with Crippen LogP contribution in [0.5, 0.6) is 0 Å². The van der Waals surface area contributed by atoms with E-state index in [0.29, 0.717) is 23.2 Å². The Morgan fingerprint density at radius 1 is 1.33 bits per heavy atom. The first kappa shape index (κ1) is 14.7. The first-order chi connectivity index (χ1) is 10.2. The van der Waals surface area contributed by atoms with Gasteiger partial charge in [-0.15, -0.1) is 0 Å². The summed E-state index contributed by atoms with van der Waals surface area (Å²) in [4.78, 5) is 19.7. The Labute approximate surface area is 123 Å². The van der Waals surface area contributed by atoms with Crippen LogP contribution in [0.15, 0.2) is 36.9 Å². The molecule has 0 unspecified atom stereocenters. The van der Waals surface area contributed by atoms with E-state index in [-0.39, 0.29) is 12.5 Å². The Balaban J connectivity index is 2.24. The van der Waals surface area contributed by atoms with E-state index < -0.39 is 0 Å². The topological polar surface area (TPSA) is 75.1 Å². The van der Waals surface area contributed by atoms with E-state index in [1.165, 1.54) is 18.7 Å². The molecule has 2 N–H and O–H groups in total. The van der Waals surface area contributed by atoms with Gasteiger partial charge in [0.05, 0.1) is 17.9 Å². The van der Waals surface area contributed by atoms with Crippen molar-refractivity contribution in [2.24, 2.45) is 0 Å². The molecule has 2 rings (SSSR count). The zero-order valence-corrected chi connectivity index (χ0v) is 11.6. The van der Waals surface area contributed by atoms with Crippen LogP contribution in [0, 0.1) is 18.8 Å². The summed E-state index contributed by atoms with van der Waals surface area (Å²) >= 11 is 0. The second kappa shape index (κ2) is 7.17. The summed E-state index contributed by atoms with van der Waals surface area (Å²) in [6.07, 6.45) is 4.67. The number of rotatable bonds is 3. The molecule has 0 radical (unpaired) electrons. The van der Waals surface area contributed by atoms with Crippen molar-refractivity contribution in [2.75, 3.05) is 11.9 Å². The number of carbonyl (C=O) groups excluding carboxylic acids is 1. The molecule has 0 bridgehead atoms. The standard InChI is InChI=1S/C16H15N3O2/c1-12-5-6-15(13(8-12)4-2-3-7-20)19-16(21)14-9-17-11-18-10-14/h5-6,8-11,20H,3,7H2,1H3,(H,19,21). The van der Waals surface area contributed by atoms with Crippen LogP contribution in [0.25, 0.3) is 0 Å². The van der Waals surface area contributed by atoms with Gasteiger partial charge in [0.1, 0.15) is 6.33 Å². The molecule has 0 saturated heterocycles. The van der Waals surface area contributed by atoms with E-state index in [2.05, 4.69) is 27.1 Å². The SMILES string of the molecule is Cc1ccc(NC(=O)c2cncnc2)c(C#CCCO)c1. The lowest BCUT2D eigenvalue weighted by Gasteiger charge is -2.08. The number of hydrogen-bond acceptors (Lipinski definition) is 4. The number of aliphatic hydroxyl groups excluding tert-OH is 1. The number of nitrogens with zero attached hydrogens (tertiary/aromatic N) is 2. The summed E-state index contributed by atoms with van der Waals surface area (Å²) in [5.41, 5.74) is 2.77. The van der Waals surface area contributed by atoms with Crippen molar-refractivity contribution in [3.05, 3.63) is 53.6 Å². The lowest BCUT2D eigenvalue weighted by atomic mass is 10.1. The summed E-state index contributed by atoms with van der Waals surface area (Å²) in [5, 5.41) is 11.6. The van der Waals surface area contributed by atoms with Crippen LogP contribution in [-0.4, -0.2) is 27.6 Å². The van der Waals surface area contributed by atoms with Gasteiger partial charge in [-0.3, -0.25) is 4.79 Å². The zero-order chi connectivity index (χ0) is 15.1. The van der Waals surface area contributed by atoms with Crippen LogP contribution < -0.4 is 5.32 Å². The van der Waals surface area contributed by atoms with Crippen molar-refractivity contribution in [2.45, 2.75) is 13.3 Å². The quantitative estimate of drug-likeness (QED) is 0.841. The molecule has 0 aliphatic heterocycles. The first-order valence-corrected chi connectivity index (χ1v) is 6.47.